The fourth-order valence-electron chi connectivity index (χ4n) is 3.45. The minimum atomic E-state index is -0.253. The molecule has 0 aliphatic heterocycles. The Morgan fingerprint density at radius 3 is 2.80 bits per heavy atom. The van der Waals surface area contributed by atoms with Crippen molar-refractivity contribution in [1.29, 1.82) is 0 Å². The lowest BCUT2D eigenvalue weighted by Crippen LogP contribution is -2.15. The number of carbonyl (C=O) groups excluding carboxylic acids is 1. The number of rotatable bonds is 3. The first kappa shape index (κ1) is 16.3. The number of para-hydroxylation sites is 1. The molecule has 0 fully saturated rings. The van der Waals surface area contributed by atoms with Crippen molar-refractivity contribution in [2.75, 3.05) is 0 Å². The lowest BCUT2D eigenvalue weighted by Gasteiger charge is -2.20. The van der Waals surface area contributed by atoms with Crippen LogP contribution in [0, 0.1) is 0 Å². The van der Waals surface area contributed by atoms with Crippen molar-refractivity contribution in [3.8, 4) is 0 Å². The van der Waals surface area contributed by atoms with Crippen LogP contribution in [0.15, 0.2) is 53.0 Å². The zero-order valence-electron chi connectivity index (χ0n) is 13.8. The molecule has 0 spiro atoms. The second-order valence-corrected chi connectivity index (χ2v) is 7.26. The van der Waals surface area contributed by atoms with Crippen LogP contribution in [0.4, 0.5) is 0 Å². The molecule has 4 heteroatoms. The predicted molar refractivity (Wildman–Crippen MR) is 102 cm³/mol. The maximum Gasteiger partial charge on any atom is 0.339 e. The Bertz CT molecular complexity index is 952. The molecule has 0 N–H and O–H groups in total. The van der Waals surface area contributed by atoms with Gasteiger partial charge < -0.3 is 4.74 Å². The molecule has 3 aromatic rings. The van der Waals surface area contributed by atoms with Crippen LogP contribution in [-0.2, 0) is 24.2 Å². The molecule has 1 aromatic heterocycles. The van der Waals surface area contributed by atoms with Crippen LogP contribution >= 0.6 is 15.9 Å². The Labute approximate surface area is 155 Å². The van der Waals surface area contributed by atoms with E-state index < -0.39 is 0 Å². The summed E-state index contributed by atoms with van der Waals surface area (Å²) in [4.78, 5) is 17.7. The van der Waals surface area contributed by atoms with Crippen LogP contribution in [0.2, 0.25) is 0 Å². The van der Waals surface area contributed by atoms with Crippen LogP contribution in [0.5, 0.6) is 0 Å². The van der Waals surface area contributed by atoms with Gasteiger partial charge in [0, 0.05) is 15.6 Å². The molecular formula is C21H18BrNO2. The maximum absolute atomic E-state index is 12.9. The molecule has 0 radical (unpaired) electrons. The summed E-state index contributed by atoms with van der Waals surface area (Å²) in [6.07, 6.45) is 4.06. The van der Waals surface area contributed by atoms with Crippen LogP contribution in [0.25, 0.3) is 10.9 Å². The van der Waals surface area contributed by atoms with Crippen LogP contribution in [0.1, 0.15) is 40.0 Å². The third-order valence-electron chi connectivity index (χ3n) is 4.63. The van der Waals surface area contributed by atoms with Crippen molar-refractivity contribution in [3.05, 3.63) is 75.4 Å². The molecule has 25 heavy (non-hydrogen) atoms. The number of benzene rings is 2. The summed E-state index contributed by atoms with van der Waals surface area (Å²) in [5, 5.41) is 0.891. The van der Waals surface area contributed by atoms with Crippen LogP contribution in [0.3, 0.4) is 0 Å². The van der Waals surface area contributed by atoms with Gasteiger partial charge in [-0.1, -0.05) is 46.3 Å². The molecule has 3 nitrogen and oxygen atoms in total. The first-order valence-electron chi connectivity index (χ1n) is 8.54. The highest BCUT2D eigenvalue weighted by Gasteiger charge is 2.23. The fraction of sp³-hybridized carbons (Fsp3) is 0.238. The summed E-state index contributed by atoms with van der Waals surface area (Å²) in [6.45, 7) is 0.268. The summed E-state index contributed by atoms with van der Waals surface area (Å²) in [6, 6.07) is 15.7. The van der Waals surface area contributed by atoms with Crippen molar-refractivity contribution in [3.63, 3.8) is 0 Å². The van der Waals surface area contributed by atoms with Gasteiger partial charge in [-0.3, -0.25) is 4.98 Å². The zero-order chi connectivity index (χ0) is 17.2. The molecule has 0 atom stereocenters. The molecule has 4 rings (SSSR count). The lowest BCUT2D eigenvalue weighted by atomic mass is 9.90. The van der Waals surface area contributed by atoms with E-state index in [1.54, 1.807) is 0 Å². The number of ether oxygens (including phenoxy) is 1. The van der Waals surface area contributed by atoms with Gasteiger partial charge in [0.05, 0.1) is 11.1 Å². The maximum atomic E-state index is 12.9. The van der Waals surface area contributed by atoms with Gasteiger partial charge in [0.25, 0.3) is 0 Å². The molecule has 0 saturated heterocycles. The van der Waals surface area contributed by atoms with Gasteiger partial charge in [-0.25, -0.2) is 4.79 Å². The van der Waals surface area contributed by atoms with Crippen molar-refractivity contribution in [2.24, 2.45) is 0 Å². The Hall–Kier alpha value is -2.20. The van der Waals surface area contributed by atoms with Crippen molar-refractivity contribution < 1.29 is 9.53 Å². The van der Waals surface area contributed by atoms with E-state index in [-0.39, 0.29) is 12.6 Å². The number of aryl methyl sites for hydroxylation is 1. The van der Waals surface area contributed by atoms with Gasteiger partial charge in [-0.05, 0) is 55.0 Å². The topological polar surface area (TPSA) is 39.2 Å². The minimum absolute atomic E-state index is 0.253. The molecule has 0 saturated carbocycles. The highest BCUT2D eigenvalue weighted by molar-refractivity contribution is 9.10. The number of halogens is 1. The second kappa shape index (κ2) is 6.96. The highest BCUT2D eigenvalue weighted by atomic mass is 79.9. The zero-order valence-corrected chi connectivity index (χ0v) is 15.4. The molecule has 126 valence electrons. The Balaban J connectivity index is 1.70. The smallest absolute Gasteiger partial charge is 0.339 e. The van der Waals surface area contributed by atoms with Gasteiger partial charge in [0.2, 0.25) is 0 Å². The second-order valence-electron chi connectivity index (χ2n) is 6.34. The number of esters is 1. The number of carbonyl (C=O) groups is 1. The molecule has 0 amide bonds. The lowest BCUT2D eigenvalue weighted by molar-refractivity contribution is 0.0473. The van der Waals surface area contributed by atoms with E-state index in [1.807, 2.05) is 48.5 Å². The summed E-state index contributed by atoms with van der Waals surface area (Å²) in [5.41, 5.74) is 4.67. The van der Waals surface area contributed by atoms with E-state index in [1.165, 1.54) is 0 Å². The normalized spacial score (nSPS) is 13.5. The molecule has 1 aliphatic rings. The molecule has 2 aromatic carbocycles. The number of hydrogen-bond donors (Lipinski definition) is 0. The number of fused-ring (bicyclic) bond motifs is 2. The summed E-state index contributed by atoms with van der Waals surface area (Å²) < 4.78 is 6.64. The standard InChI is InChI=1S/C21H18BrNO2/c22-15-7-5-6-14(12-15)13-25-21(24)20-16-8-1-3-10-18(16)23-19-11-4-2-9-17(19)20/h1,3,5-8,10,12H,2,4,9,11,13H2. The van der Waals surface area contributed by atoms with Gasteiger partial charge in [0.15, 0.2) is 0 Å². The third-order valence-corrected chi connectivity index (χ3v) is 5.13. The van der Waals surface area contributed by atoms with Crippen molar-refractivity contribution >= 4 is 32.8 Å². The van der Waals surface area contributed by atoms with E-state index >= 15 is 0 Å². The monoisotopic (exact) mass is 395 g/mol. The van der Waals surface area contributed by atoms with E-state index in [9.17, 15) is 4.79 Å². The minimum Gasteiger partial charge on any atom is -0.457 e. The summed E-state index contributed by atoms with van der Waals surface area (Å²) in [5.74, 6) is -0.253. The van der Waals surface area contributed by atoms with Crippen LogP contribution < -0.4 is 0 Å². The first-order chi connectivity index (χ1) is 12.2. The van der Waals surface area contributed by atoms with Gasteiger partial charge in [-0.2, -0.15) is 0 Å². The molecular weight excluding hydrogens is 378 g/mol. The first-order valence-corrected chi connectivity index (χ1v) is 9.34. The van der Waals surface area contributed by atoms with Crippen molar-refractivity contribution in [1.82, 2.24) is 4.98 Å². The summed E-state index contributed by atoms with van der Waals surface area (Å²) >= 11 is 3.45. The Morgan fingerprint density at radius 1 is 1.08 bits per heavy atom. The SMILES string of the molecule is O=C(OCc1cccc(Br)c1)c1c2c(nc3ccccc13)CCCC2. The van der Waals surface area contributed by atoms with E-state index in [2.05, 4.69) is 15.9 Å². The van der Waals surface area contributed by atoms with Crippen molar-refractivity contribution in [2.45, 2.75) is 32.3 Å². The molecule has 0 bridgehead atoms. The molecule has 0 unspecified atom stereocenters. The largest absolute Gasteiger partial charge is 0.457 e. The van der Waals surface area contributed by atoms with E-state index in [0.29, 0.717) is 5.56 Å². The van der Waals surface area contributed by atoms with Crippen LogP contribution in [-0.4, -0.2) is 11.0 Å². The van der Waals surface area contributed by atoms with E-state index in [0.717, 1.165) is 57.9 Å². The van der Waals surface area contributed by atoms with Gasteiger partial charge >= 0.3 is 5.97 Å². The fourth-order valence-corrected chi connectivity index (χ4v) is 3.90. The number of nitrogens with zero attached hydrogens (tertiary/aromatic N) is 1. The summed E-state index contributed by atoms with van der Waals surface area (Å²) in [7, 11) is 0. The number of aromatic nitrogens is 1. The highest BCUT2D eigenvalue weighted by Crippen LogP contribution is 2.30. The average Bonchev–Trinajstić information content (AvgIpc) is 2.64. The Morgan fingerprint density at radius 2 is 1.92 bits per heavy atom. The quantitative estimate of drug-likeness (QED) is 0.569. The van der Waals surface area contributed by atoms with E-state index in [4.69, 9.17) is 9.72 Å². The van der Waals surface area contributed by atoms with Gasteiger partial charge in [0.1, 0.15) is 6.61 Å². The molecule has 1 heterocycles. The number of hydrogen-bond acceptors (Lipinski definition) is 3. The molecule has 1 aliphatic carbocycles. The van der Waals surface area contributed by atoms with Gasteiger partial charge in [-0.15, -0.1) is 0 Å². The number of pyridine rings is 1. The predicted octanol–water partition coefficient (Wildman–Crippen LogP) is 5.23. The average molecular weight is 396 g/mol. The Kier molecular flexibility index (Phi) is 4.53. The third kappa shape index (κ3) is 3.31.